The average molecular weight is 115 g/mol. The molecule has 8 heavy (non-hydrogen) atoms. The lowest BCUT2D eigenvalue weighted by Gasteiger charge is -1.64. The molecule has 1 aliphatic rings. The summed E-state index contributed by atoms with van der Waals surface area (Å²) in [6.45, 7) is 5.46. The van der Waals surface area contributed by atoms with Crippen LogP contribution in [0.25, 0.3) is 0 Å². The van der Waals surface area contributed by atoms with E-state index in [9.17, 15) is 4.79 Å². The zero-order valence-corrected chi connectivity index (χ0v) is 4.55. The molecule has 3 heteroatoms. The summed E-state index contributed by atoms with van der Waals surface area (Å²) >= 11 is 0. The van der Waals surface area contributed by atoms with Crippen LogP contribution in [0.1, 0.15) is 0 Å². The monoisotopic (exact) mass is 115 g/mol. The number of carbonyl (C=O) groups is 1. The third kappa shape index (κ3) is 19.1. The second-order valence-corrected chi connectivity index (χ2v) is 1.29. The number of rotatable bonds is 1. The molecule has 3 nitrogen and oxygen atoms in total. The first-order chi connectivity index (χ1) is 3.77. The molecular formula is C5H9NO2. The molecule has 0 aromatic heterocycles. The van der Waals surface area contributed by atoms with E-state index in [2.05, 4.69) is 11.9 Å². The summed E-state index contributed by atoms with van der Waals surface area (Å²) in [6.07, 6.45) is 0.833. The SMILES string of the molecule is C1CN1.C=CC(=O)O. The fourth-order valence-electron chi connectivity index (χ4n) is 0. The number of carboxylic acids is 1. The Morgan fingerprint density at radius 3 is 2.00 bits per heavy atom. The van der Waals surface area contributed by atoms with Gasteiger partial charge in [-0.2, -0.15) is 0 Å². The zero-order valence-electron chi connectivity index (χ0n) is 4.55. The number of carboxylic acid groups (broad SMARTS) is 1. The van der Waals surface area contributed by atoms with Gasteiger partial charge in [0.05, 0.1) is 0 Å². The van der Waals surface area contributed by atoms with Crippen molar-refractivity contribution in [2.75, 3.05) is 13.1 Å². The van der Waals surface area contributed by atoms with Gasteiger partial charge in [0.1, 0.15) is 0 Å². The van der Waals surface area contributed by atoms with Crippen LogP contribution in [0.4, 0.5) is 0 Å². The first-order valence-corrected chi connectivity index (χ1v) is 2.33. The van der Waals surface area contributed by atoms with Crippen LogP contribution < -0.4 is 5.32 Å². The summed E-state index contributed by atoms with van der Waals surface area (Å²) in [4.78, 5) is 9.25. The molecule has 1 aliphatic heterocycles. The molecule has 1 heterocycles. The van der Waals surface area contributed by atoms with Crippen LogP contribution in [0.15, 0.2) is 12.7 Å². The van der Waals surface area contributed by atoms with Crippen LogP contribution in [0.3, 0.4) is 0 Å². The van der Waals surface area contributed by atoms with Gasteiger partial charge in [-0.3, -0.25) is 0 Å². The normalized spacial score (nSPS) is 13.0. The Bertz CT molecular complexity index is 85.7. The van der Waals surface area contributed by atoms with E-state index in [1.165, 1.54) is 13.1 Å². The molecule has 2 N–H and O–H groups in total. The lowest BCUT2D eigenvalue weighted by Crippen LogP contribution is -1.82. The number of nitrogens with one attached hydrogen (secondary N) is 1. The maximum Gasteiger partial charge on any atom is 0.327 e. The first-order valence-electron chi connectivity index (χ1n) is 2.33. The molecule has 0 saturated carbocycles. The molecule has 0 aliphatic carbocycles. The van der Waals surface area contributed by atoms with Crippen LogP contribution in [-0.2, 0) is 4.79 Å². The van der Waals surface area contributed by atoms with E-state index in [-0.39, 0.29) is 0 Å². The summed E-state index contributed by atoms with van der Waals surface area (Å²) in [7, 11) is 0. The van der Waals surface area contributed by atoms with Crippen molar-refractivity contribution in [3.8, 4) is 0 Å². The summed E-state index contributed by atoms with van der Waals surface area (Å²) in [5.41, 5.74) is 0. The topological polar surface area (TPSA) is 59.2 Å². The highest BCUT2D eigenvalue weighted by Gasteiger charge is 1.91. The molecule has 1 saturated heterocycles. The summed E-state index contributed by atoms with van der Waals surface area (Å²) in [5, 5.41) is 10.6. The maximum atomic E-state index is 9.25. The van der Waals surface area contributed by atoms with Crippen molar-refractivity contribution in [2.24, 2.45) is 0 Å². The van der Waals surface area contributed by atoms with Gasteiger partial charge in [0.2, 0.25) is 0 Å². The molecule has 0 spiro atoms. The molecule has 46 valence electrons. The van der Waals surface area contributed by atoms with Gasteiger partial charge in [0.15, 0.2) is 0 Å². The number of hydrogen-bond donors (Lipinski definition) is 2. The second kappa shape index (κ2) is 4.33. The summed E-state index contributed by atoms with van der Waals surface area (Å²) in [6, 6.07) is 0. The third-order valence-corrected chi connectivity index (χ3v) is 0.425. The molecule has 0 atom stereocenters. The molecule has 0 radical (unpaired) electrons. The van der Waals surface area contributed by atoms with Gasteiger partial charge in [-0.05, 0) is 0 Å². The lowest BCUT2D eigenvalue weighted by molar-refractivity contribution is -0.131. The van der Waals surface area contributed by atoms with E-state index in [1.807, 2.05) is 0 Å². The molecule has 0 amide bonds. The van der Waals surface area contributed by atoms with Crippen LogP contribution >= 0.6 is 0 Å². The van der Waals surface area contributed by atoms with Crippen molar-refractivity contribution in [1.82, 2.24) is 5.32 Å². The van der Waals surface area contributed by atoms with Gasteiger partial charge in [-0.25, -0.2) is 4.79 Å². The highest BCUT2D eigenvalue weighted by atomic mass is 16.4. The van der Waals surface area contributed by atoms with Crippen LogP contribution in [0.5, 0.6) is 0 Å². The van der Waals surface area contributed by atoms with E-state index >= 15 is 0 Å². The smallest absolute Gasteiger partial charge is 0.327 e. The van der Waals surface area contributed by atoms with Gasteiger partial charge in [-0.15, -0.1) is 0 Å². The Hall–Kier alpha value is -0.830. The highest BCUT2D eigenvalue weighted by Crippen LogP contribution is 1.65. The van der Waals surface area contributed by atoms with Crippen LogP contribution in [0.2, 0.25) is 0 Å². The first kappa shape index (κ1) is 7.17. The second-order valence-electron chi connectivity index (χ2n) is 1.29. The van der Waals surface area contributed by atoms with Crippen molar-refractivity contribution in [3.05, 3.63) is 12.7 Å². The average Bonchev–Trinajstić information content (AvgIpc) is 2.48. The lowest BCUT2D eigenvalue weighted by atomic mass is 10.7. The molecule has 0 aromatic rings. The minimum atomic E-state index is -0.981. The highest BCUT2D eigenvalue weighted by molar-refractivity contribution is 5.78. The van der Waals surface area contributed by atoms with Gasteiger partial charge < -0.3 is 10.4 Å². The molecule has 1 rings (SSSR count). The molecule has 0 aromatic carbocycles. The predicted octanol–water partition coefficient (Wildman–Crippen LogP) is -0.153. The number of aliphatic carboxylic acids is 1. The largest absolute Gasteiger partial charge is 0.478 e. The zero-order chi connectivity index (χ0) is 6.41. The Labute approximate surface area is 48.0 Å². The van der Waals surface area contributed by atoms with Crippen molar-refractivity contribution in [2.45, 2.75) is 0 Å². The van der Waals surface area contributed by atoms with Crippen molar-refractivity contribution >= 4 is 5.97 Å². The Kier molecular flexibility index (Phi) is 3.88. The van der Waals surface area contributed by atoms with Crippen LogP contribution in [-0.4, -0.2) is 24.2 Å². The van der Waals surface area contributed by atoms with E-state index in [4.69, 9.17) is 5.11 Å². The fraction of sp³-hybridized carbons (Fsp3) is 0.400. The van der Waals surface area contributed by atoms with E-state index in [0.29, 0.717) is 0 Å². The summed E-state index contributed by atoms with van der Waals surface area (Å²) < 4.78 is 0. The van der Waals surface area contributed by atoms with E-state index in [0.717, 1.165) is 6.08 Å². The standard InChI is InChI=1S/C3H4O2.C2H5N/c1-2-3(4)5;1-2-3-1/h2H,1H2,(H,4,5);3H,1-2H2. The molecule has 1 fully saturated rings. The Morgan fingerprint density at radius 1 is 1.75 bits per heavy atom. The van der Waals surface area contributed by atoms with Crippen molar-refractivity contribution < 1.29 is 9.90 Å². The van der Waals surface area contributed by atoms with Gasteiger partial charge in [0, 0.05) is 19.2 Å². The van der Waals surface area contributed by atoms with Gasteiger partial charge in [-0.1, -0.05) is 6.58 Å². The quantitative estimate of drug-likeness (QED) is 0.369. The van der Waals surface area contributed by atoms with Crippen molar-refractivity contribution in [3.63, 3.8) is 0 Å². The molecule has 0 unspecified atom stereocenters. The minimum Gasteiger partial charge on any atom is -0.478 e. The minimum absolute atomic E-state index is 0.833. The maximum absolute atomic E-state index is 9.25. The van der Waals surface area contributed by atoms with Gasteiger partial charge in [0.25, 0.3) is 0 Å². The third-order valence-electron chi connectivity index (χ3n) is 0.425. The Balaban J connectivity index is 0.000000135. The number of hydrogen-bond acceptors (Lipinski definition) is 2. The van der Waals surface area contributed by atoms with E-state index in [1.54, 1.807) is 0 Å². The van der Waals surface area contributed by atoms with E-state index < -0.39 is 5.97 Å². The predicted molar refractivity (Wildman–Crippen MR) is 30.7 cm³/mol. The molecular weight excluding hydrogens is 106 g/mol. The van der Waals surface area contributed by atoms with Crippen LogP contribution in [0, 0.1) is 0 Å². The van der Waals surface area contributed by atoms with Gasteiger partial charge >= 0.3 is 5.97 Å². The Morgan fingerprint density at radius 2 is 2.00 bits per heavy atom. The summed E-state index contributed by atoms with van der Waals surface area (Å²) in [5.74, 6) is -0.981. The fourth-order valence-corrected chi connectivity index (χ4v) is 0. The molecule has 0 bridgehead atoms. The van der Waals surface area contributed by atoms with Crippen molar-refractivity contribution in [1.29, 1.82) is 0 Å².